The minimum absolute atomic E-state index is 0.0364. The molecule has 3 atom stereocenters. The minimum Gasteiger partial charge on any atom is -0.457 e. The molecule has 0 amide bonds. The van der Waals surface area contributed by atoms with Crippen molar-refractivity contribution in [2.45, 2.75) is 174 Å². The number of phosphoric acid groups is 1. The first kappa shape index (κ1) is 52.9. The molecule has 3 N–H and O–H groups in total. The van der Waals surface area contributed by atoms with Crippen LogP contribution >= 0.6 is 7.82 Å². The molecule has 9 nitrogen and oxygen atoms in total. The fourth-order valence-electron chi connectivity index (χ4n) is 5.38. The van der Waals surface area contributed by atoms with Gasteiger partial charge in [0, 0.05) is 13.0 Å². The zero-order valence-electron chi connectivity index (χ0n) is 34.6. The van der Waals surface area contributed by atoms with E-state index < -0.39 is 39.2 Å². The summed E-state index contributed by atoms with van der Waals surface area (Å²) >= 11 is 0. The molecule has 0 aliphatic rings. The van der Waals surface area contributed by atoms with Crippen molar-refractivity contribution in [3.8, 4) is 0 Å². The second-order valence-electron chi connectivity index (χ2n) is 14.0. The number of carbonyl (C=O) groups is 1. The third-order valence-electron chi connectivity index (χ3n) is 8.61. The maximum atomic E-state index is 12.6. The van der Waals surface area contributed by atoms with E-state index in [1.165, 1.54) is 44.9 Å². The lowest BCUT2D eigenvalue weighted by atomic mass is 10.1. The Morgan fingerprint density at radius 1 is 0.582 bits per heavy atom. The highest BCUT2D eigenvalue weighted by atomic mass is 31.2. The fourth-order valence-corrected chi connectivity index (χ4v) is 6.17. The van der Waals surface area contributed by atoms with Gasteiger partial charge in [0.25, 0.3) is 0 Å². The summed E-state index contributed by atoms with van der Waals surface area (Å²) < 4.78 is 33.3. The Hall–Kier alpha value is -2.10. The molecule has 0 rings (SSSR count). The largest absolute Gasteiger partial charge is 0.472 e. The third-order valence-corrected chi connectivity index (χ3v) is 9.56. The molecular weight excluding hydrogens is 715 g/mol. The molecule has 3 unspecified atom stereocenters. The third kappa shape index (κ3) is 41.4. The van der Waals surface area contributed by atoms with E-state index >= 15 is 0 Å². The first-order valence-electron chi connectivity index (χ1n) is 21.4. The number of aliphatic hydroxyl groups excluding tert-OH is 2. The van der Waals surface area contributed by atoms with Crippen molar-refractivity contribution in [3.05, 3.63) is 72.9 Å². The van der Waals surface area contributed by atoms with Gasteiger partial charge >= 0.3 is 13.8 Å². The van der Waals surface area contributed by atoms with Crippen LogP contribution in [0.25, 0.3) is 0 Å². The molecule has 0 fully saturated rings. The average molecular weight is 795 g/mol. The summed E-state index contributed by atoms with van der Waals surface area (Å²) in [6.07, 6.45) is 48.6. The summed E-state index contributed by atoms with van der Waals surface area (Å²) in [5, 5.41) is 18.3. The molecule has 0 saturated carbocycles. The van der Waals surface area contributed by atoms with Crippen LogP contribution in [0.1, 0.15) is 162 Å². The molecule has 0 aliphatic heterocycles. The van der Waals surface area contributed by atoms with Crippen LogP contribution in [0, 0.1) is 0 Å². The normalized spacial score (nSPS) is 14.8. The molecule has 0 aromatic rings. The lowest BCUT2D eigenvalue weighted by molar-refractivity contribution is -0.154. The van der Waals surface area contributed by atoms with E-state index in [1.807, 2.05) is 0 Å². The van der Waals surface area contributed by atoms with Crippen molar-refractivity contribution in [2.75, 3.05) is 33.0 Å². The zero-order chi connectivity index (χ0) is 40.3. The molecule has 10 heteroatoms. The monoisotopic (exact) mass is 795 g/mol. The quantitative estimate of drug-likeness (QED) is 0.0240. The van der Waals surface area contributed by atoms with Gasteiger partial charge in [0.15, 0.2) is 0 Å². The number of esters is 1. The van der Waals surface area contributed by atoms with Crippen molar-refractivity contribution in [2.24, 2.45) is 0 Å². The van der Waals surface area contributed by atoms with Crippen LogP contribution in [0.4, 0.5) is 0 Å². The molecule has 0 aliphatic carbocycles. The predicted molar refractivity (Wildman–Crippen MR) is 228 cm³/mol. The van der Waals surface area contributed by atoms with E-state index in [1.54, 1.807) is 0 Å². The van der Waals surface area contributed by atoms with Gasteiger partial charge < -0.3 is 24.6 Å². The summed E-state index contributed by atoms with van der Waals surface area (Å²) in [6.45, 7) is 3.30. The van der Waals surface area contributed by atoms with Crippen molar-refractivity contribution < 1.29 is 43.0 Å². The van der Waals surface area contributed by atoms with E-state index in [9.17, 15) is 19.4 Å². The van der Waals surface area contributed by atoms with Gasteiger partial charge in [0.05, 0.1) is 26.4 Å². The summed E-state index contributed by atoms with van der Waals surface area (Å²) in [5.74, 6) is -0.400. The van der Waals surface area contributed by atoms with E-state index in [0.29, 0.717) is 13.0 Å². The van der Waals surface area contributed by atoms with E-state index in [0.717, 1.165) is 89.9 Å². The van der Waals surface area contributed by atoms with Crippen LogP contribution in [0.15, 0.2) is 72.9 Å². The Balaban J connectivity index is 4.16. The van der Waals surface area contributed by atoms with Crippen molar-refractivity contribution in [1.29, 1.82) is 0 Å². The number of ether oxygens (including phenoxy) is 2. The minimum atomic E-state index is -4.52. The van der Waals surface area contributed by atoms with Gasteiger partial charge in [0.2, 0.25) is 0 Å². The summed E-state index contributed by atoms with van der Waals surface area (Å²) in [5.41, 5.74) is 0. The molecule has 0 saturated heterocycles. The standard InChI is InChI=1S/C45H79O9P/c1-3-5-7-9-11-13-15-16-17-18-19-20-21-22-23-24-25-26-27-29-31-33-35-37-45(48)54-44(42-53-55(49,50)52-40-43(47)39-46)41-51-38-36-34-32-30-28-14-12-10-8-6-4-2/h5,7-8,10-11,13,16-17,19-20,22-23,43-44,46-47H,3-4,6,9,12,14-15,18,21,24-42H2,1-2H3,(H,49,50)/b7-5-,10-8-,13-11-,17-16-,20-19-,23-22-. The van der Waals surface area contributed by atoms with Crippen LogP contribution in [0.3, 0.4) is 0 Å². The van der Waals surface area contributed by atoms with Crippen molar-refractivity contribution in [1.82, 2.24) is 0 Å². The first-order valence-corrected chi connectivity index (χ1v) is 22.9. The highest BCUT2D eigenvalue weighted by Crippen LogP contribution is 2.43. The molecule has 0 heterocycles. The van der Waals surface area contributed by atoms with E-state index in [-0.39, 0.29) is 19.6 Å². The van der Waals surface area contributed by atoms with Crippen LogP contribution in [-0.4, -0.2) is 66.3 Å². The summed E-state index contributed by atoms with van der Waals surface area (Å²) in [4.78, 5) is 22.6. The second-order valence-corrected chi connectivity index (χ2v) is 15.4. The first-order chi connectivity index (χ1) is 26.8. The van der Waals surface area contributed by atoms with Crippen molar-refractivity contribution in [3.63, 3.8) is 0 Å². The number of allylic oxidation sites excluding steroid dienone is 12. The summed E-state index contributed by atoms with van der Waals surface area (Å²) in [6, 6.07) is 0. The Morgan fingerprint density at radius 2 is 1.04 bits per heavy atom. The fraction of sp³-hybridized carbons (Fsp3) is 0.711. The second kappa shape index (κ2) is 41.5. The van der Waals surface area contributed by atoms with Gasteiger partial charge in [-0.05, 0) is 77.0 Å². The van der Waals surface area contributed by atoms with Gasteiger partial charge in [-0.15, -0.1) is 0 Å². The highest BCUT2D eigenvalue weighted by Gasteiger charge is 2.26. The van der Waals surface area contributed by atoms with Gasteiger partial charge in [0.1, 0.15) is 12.2 Å². The highest BCUT2D eigenvalue weighted by molar-refractivity contribution is 7.47. The Bertz CT molecular complexity index is 1080. The van der Waals surface area contributed by atoms with Crippen molar-refractivity contribution >= 4 is 13.8 Å². The SMILES string of the molecule is CC/C=C\C/C=C\C/C=C\C/C=C\C/C=C\CCCCCCCCCC(=O)OC(COCCCCCCCC/C=C\CCC)COP(=O)(O)OCC(O)CO. The molecule has 0 radical (unpaired) electrons. The van der Waals surface area contributed by atoms with E-state index in [2.05, 4.69) is 86.8 Å². The number of carbonyl (C=O) groups excluding carboxylic acids is 1. The number of phosphoric ester groups is 1. The Kier molecular flexibility index (Phi) is 39.9. The Labute approximate surface area is 335 Å². The molecule has 0 aromatic carbocycles. The predicted octanol–water partition coefficient (Wildman–Crippen LogP) is 11.8. The zero-order valence-corrected chi connectivity index (χ0v) is 35.5. The average Bonchev–Trinajstić information content (AvgIpc) is 3.18. The molecular formula is C45H79O9P. The Morgan fingerprint density at radius 3 is 1.58 bits per heavy atom. The van der Waals surface area contributed by atoms with Crippen LogP contribution in [-0.2, 0) is 27.9 Å². The topological polar surface area (TPSA) is 132 Å². The van der Waals surface area contributed by atoms with Crippen LogP contribution in [0.2, 0.25) is 0 Å². The number of hydrogen-bond acceptors (Lipinski definition) is 8. The van der Waals surface area contributed by atoms with Gasteiger partial charge in [-0.25, -0.2) is 4.57 Å². The number of aliphatic hydroxyl groups is 2. The number of unbranched alkanes of at least 4 members (excludes halogenated alkanes) is 14. The molecule has 55 heavy (non-hydrogen) atoms. The van der Waals surface area contributed by atoms with Gasteiger partial charge in [-0.2, -0.15) is 0 Å². The molecule has 318 valence electrons. The smallest absolute Gasteiger partial charge is 0.457 e. The molecule has 0 spiro atoms. The van der Waals surface area contributed by atoms with Gasteiger partial charge in [-0.1, -0.05) is 151 Å². The molecule has 0 aromatic heterocycles. The van der Waals surface area contributed by atoms with Crippen LogP contribution in [0.5, 0.6) is 0 Å². The lowest BCUT2D eigenvalue weighted by Gasteiger charge is -2.20. The van der Waals surface area contributed by atoms with E-state index in [4.69, 9.17) is 23.6 Å². The van der Waals surface area contributed by atoms with Crippen LogP contribution < -0.4 is 0 Å². The number of rotatable bonds is 40. The van der Waals surface area contributed by atoms with Gasteiger partial charge in [-0.3, -0.25) is 13.8 Å². The maximum absolute atomic E-state index is 12.6. The lowest BCUT2D eigenvalue weighted by Crippen LogP contribution is -2.29. The molecule has 0 bridgehead atoms. The maximum Gasteiger partial charge on any atom is 0.472 e. The summed E-state index contributed by atoms with van der Waals surface area (Å²) in [7, 11) is -4.52. The number of hydrogen-bond donors (Lipinski definition) is 3.